The van der Waals surface area contributed by atoms with Gasteiger partial charge in [-0.15, -0.1) is 0 Å². The van der Waals surface area contributed by atoms with E-state index < -0.39 is 18.1 Å². The second-order valence-electron chi connectivity index (χ2n) is 3.29. The quantitative estimate of drug-likeness (QED) is 0.785. The van der Waals surface area contributed by atoms with Crippen LogP contribution in [0.5, 0.6) is 0 Å². The fourth-order valence-corrected chi connectivity index (χ4v) is 1.45. The van der Waals surface area contributed by atoms with Gasteiger partial charge in [0.15, 0.2) is 0 Å². The summed E-state index contributed by atoms with van der Waals surface area (Å²) in [6, 6.07) is 6.80. The fourth-order valence-electron chi connectivity index (χ4n) is 1.45. The first kappa shape index (κ1) is 11.0. The summed E-state index contributed by atoms with van der Waals surface area (Å²) >= 11 is 0. The van der Waals surface area contributed by atoms with Crippen LogP contribution in [-0.2, 0) is 0 Å². The lowest BCUT2D eigenvalue weighted by Crippen LogP contribution is -2.35. The van der Waals surface area contributed by atoms with E-state index in [-0.39, 0.29) is 5.56 Å². The molecular formula is C10H12F3N. The molecule has 0 fully saturated rings. The van der Waals surface area contributed by atoms with Crippen LogP contribution in [0.4, 0.5) is 13.2 Å². The molecule has 14 heavy (non-hydrogen) atoms. The van der Waals surface area contributed by atoms with Gasteiger partial charge in [0.05, 0.1) is 5.92 Å². The van der Waals surface area contributed by atoms with Crippen molar-refractivity contribution < 1.29 is 13.2 Å². The van der Waals surface area contributed by atoms with E-state index in [1.807, 2.05) is 0 Å². The summed E-state index contributed by atoms with van der Waals surface area (Å²) in [5, 5.41) is 0. The van der Waals surface area contributed by atoms with Crippen molar-refractivity contribution in [2.24, 2.45) is 5.73 Å². The van der Waals surface area contributed by atoms with E-state index in [0.717, 1.165) is 0 Å². The second kappa shape index (κ2) is 4.00. The second-order valence-corrected chi connectivity index (χ2v) is 3.29. The van der Waals surface area contributed by atoms with Gasteiger partial charge < -0.3 is 5.73 Å². The first-order valence-corrected chi connectivity index (χ1v) is 4.30. The van der Waals surface area contributed by atoms with Gasteiger partial charge >= 0.3 is 6.18 Å². The highest BCUT2D eigenvalue weighted by Gasteiger charge is 2.42. The first-order chi connectivity index (χ1) is 6.43. The minimum atomic E-state index is -4.28. The van der Waals surface area contributed by atoms with Gasteiger partial charge in [0.2, 0.25) is 0 Å². The van der Waals surface area contributed by atoms with Crippen LogP contribution in [0, 0.1) is 0 Å². The lowest BCUT2D eigenvalue weighted by molar-refractivity contribution is -0.154. The highest BCUT2D eigenvalue weighted by atomic mass is 19.4. The molecule has 0 bridgehead atoms. The Labute approximate surface area is 80.7 Å². The number of hydrogen-bond acceptors (Lipinski definition) is 1. The monoisotopic (exact) mass is 203 g/mol. The molecular weight excluding hydrogens is 191 g/mol. The van der Waals surface area contributed by atoms with Crippen molar-refractivity contribution in [3.05, 3.63) is 35.9 Å². The average Bonchev–Trinajstić information content (AvgIpc) is 2.02. The Hall–Kier alpha value is -1.03. The summed E-state index contributed by atoms with van der Waals surface area (Å²) in [6.45, 7) is 1.37. The van der Waals surface area contributed by atoms with Crippen molar-refractivity contribution in [2.45, 2.75) is 25.1 Å². The van der Waals surface area contributed by atoms with Crippen molar-refractivity contribution in [3.8, 4) is 0 Å². The molecule has 1 aromatic carbocycles. The van der Waals surface area contributed by atoms with Crippen molar-refractivity contribution in [1.82, 2.24) is 0 Å². The molecule has 0 aliphatic rings. The third kappa shape index (κ3) is 2.48. The highest BCUT2D eigenvalue weighted by Crippen LogP contribution is 2.36. The zero-order chi connectivity index (χ0) is 10.8. The Morgan fingerprint density at radius 3 is 2.00 bits per heavy atom. The molecule has 2 atom stereocenters. The molecule has 0 aliphatic carbocycles. The summed E-state index contributed by atoms with van der Waals surface area (Å²) in [7, 11) is 0. The number of nitrogens with two attached hydrogens (primary N) is 1. The van der Waals surface area contributed by atoms with Gasteiger partial charge in [-0.1, -0.05) is 30.3 Å². The zero-order valence-corrected chi connectivity index (χ0v) is 7.75. The standard InChI is InChI=1S/C10H12F3N/c1-7(14)9(10(11,12)13)8-5-3-2-4-6-8/h2-7,9H,14H2,1H3. The van der Waals surface area contributed by atoms with E-state index >= 15 is 0 Å². The zero-order valence-electron chi connectivity index (χ0n) is 7.75. The molecule has 4 heteroatoms. The summed E-state index contributed by atoms with van der Waals surface area (Å²) in [5.41, 5.74) is 5.55. The van der Waals surface area contributed by atoms with E-state index in [9.17, 15) is 13.2 Å². The lowest BCUT2D eigenvalue weighted by atomic mass is 9.92. The number of rotatable bonds is 2. The highest BCUT2D eigenvalue weighted by molar-refractivity contribution is 5.22. The van der Waals surface area contributed by atoms with Crippen molar-refractivity contribution in [1.29, 1.82) is 0 Å². The van der Waals surface area contributed by atoms with Crippen LogP contribution in [0.1, 0.15) is 18.4 Å². The van der Waals surface area contributed by atoms with Gasteiger partial charge in [-0.2, -0.15) is 13.2 Å². The number of halogens is 3. The lowest BCUT2D eigenvalue weighted by Gasteiger charge is -2.23. The van der Waals surface area contributed by atoms with Crippen LogP contribution < -0.4 is 5.73 Å². The maximum atomic E-state index is 12.6. The molecule has 0 aliphatic heterocycles. The van der Waals surface area contributed by atoms with Crippen LogP contribution in [0.2, 0.25) is 0 Å². The Morgan fingerprint density at radius 1 is 1.14 bits per heavy atom. The van der Waals surface area contributed by atoms with E-state index in [2.05, 4.69) is 0 Å². The molecule has 2 unspecified atom stereocenters. The molecule has 0 amide bonds. The predicted molar refractivity (Wildman–Crippen MR) is 48.9 cm³/mol. The molecule has 0 aromatic heterocycles. The third-order valence-electron chi connectivity index (χ3n) is 2.04. The summed E-state index contributed by atoms with van der Waals surface area (Å²) in [6.07, 6.45) is -4.28. The molecule has 78 valence electrons. The minimum absolute atomic E-state index is 0.218. The number of alkyl halides is 3. The van der Waals surface area contributed by atoms with Crippen LogP contribution in [0.3, 0.4) is 0 Å². The van der Waals surface area contributed by atoms with Crippen LogP contribution in [0.15, 0.2) is 30.3 Å². The largest absolute Gasteiger partial charge is 0.397 e. The Kier molecular flexibility index (Phi) is 3.16. The van der Waals surface area contributed by atoms with Gasteiger partial charge in [0.1, 0.15) is 0 Å². The fraction of sp³-hybridized carbons (Fsp3) is 0.400. The molecule has 0 saturated carbocycles. The Balaban J connectivity index is 3.02. The van der Waals surface area contributed by atoms with E-state index in [0.29, 0.717) is 0 Å². The van der Waals surface area contributed by atoms with Crippen molar-refractivity contribution in [2.75, 3.05) is 0 Å². The topological polar surface area (TPSA) is 26.0 Å². The van der Waals surface area contributed by atoms with Gasteiger partial charge in [-0.3, -0.25) is 0 Å². The number of benzene rings is 1. The van der Waals surface area contributed by atoms with Crippen molar-refractivity contribution in [3.63, 3.8) is 0 Å². The summed E-state index contributed by atoms with van der Waals surface area (Å²) in [5.74, 6) is -1.58. The van der Waals surface area contributed by atoms with E-state index in [1.54, 1.807) is 18.2 Å². The Morgan fingerprint density at radius 2 is 1.64 bits per heavy atom. The van der Waals surface area contributed by atoms with Gasteiger partial charge in [0, 0.05) is 6.04 Å². The SMILES string of the molecule is CC(N)C(c1ccccc1)C(F)(F)F. The summed E-state index contributed by atoms with van der Waals surface area (Å²) in [4.78, 5) is 0. The van der Waals surface area contributed by atoms with E-state index in [1.165, 1.54) is 19.1 Å². The molecule has 0 saturated heterocycles. The molecule has 0 spiro atoms. The molecule has 0 radical (unpaired) electrons. The maximum absolute atomic E-state index is 12.6. The summed E-state index contributed by atoms with van der Waals surface area (Å²) < 4.78 is 37.7. The number of hydrogen-bond donors (Lipinski definition) is 1. The minimum Gasteiger partial charge on any atom is -0.327 e. The predicted octanol–water partition coefficient (Wildman–Crippen LogP) is 2.68. The Bertz CT molecular complexity index is 279. The van der Waals surface area contributed by atoms with E-state index in [4.69, 9.17) is 5.73 Å². The van der Waals surface area contributed by atoms with Crippen LogP contribution in [-0.4, -0.2) is 12.2 Å². The molecule has 1 aromatic rings. The van der Waals surface area contributed by atoms with Crippen LogP contribution >= 0.6 is 0 Å². The normalized spacial score (nSPS) is 16.4. The smallest absolute Gasteiger partial charge is 0.327 e. The molecule has 0 heterocycles. The molecule has 2 N–H and O–H groups in total. The maximum Gasteiger partial charge on any atom is 0.397 e. The van der Waals surface area contributed by atoms with Gasteiger partial charge in [-0.25, -0.2) is 0 Å². The molecule has 1 nitrogen and oxygen atoms in total. The van der Waals surface area contributed by atoms with Gasteiger partial charge in [0.25, 0.3) is 0 Å². The average molecular weight is 203 g/mol. The third-order valence-corrected chi connectivity index (χ3v) is 2.04. The van der Waals surface area contributed by atoms with Crippen molar-refractivity contribution >= 4 is 0 Å². The van der Waals surface area contributed by atoms with Gasteiger partial charge in [-0.05, 0) is 12.5 Å². The van der Waals surface area contributed by atoms with Crippen LogP contribution in [0.25, 0.3) is 0 Å². The molecule has 1 rings (SSSR count). The first-order valence-electron chi connectivity index (χ1n) is 4.30.